The van der Waals surface area contributed by atoms with Gasteiger partial charge in [0.25, 0.3) is 0 Å². The Labute approximate surface area is 183 Å². The third kappa shape index (κ3) is 9.08. The number of carbonyl (C=O) groups excluding carboxylic acids is 2. The summed E-state index contributed by atoms with van der Waals surface area (Å²) in [5.41, 5.74) is 0.0827. The first-order chi connectivity index (χ1) is 14.5. The molecule has 9 heteroatoms. The van der Waals surface area contributed by atoms with Crippen molar-refractivity contribution in [2.45, 2.75) is 58.3 Å². The summed E-state index contributed by atoms with van der Waals surface area (Å²) in [6.07, 6.45) is 1.71. The van der Waals surface area contributed by atoms with Crippen LogP contribution in [0.5, 0.6) is 0 Å². The number of hydrogen-bond donors (Lipinski definition) is 1. The summed E-state index contributed by atoms with van der Waals surface area (Å²) in [6, 6.07) is 6.88. The highest BCUT2D eigenvalue weighted by atomic mass is 32.2. The minimum absolute atomic E-state index is 0.0652. The van der Waals surface area contributed by atoms with Crippen LogP contribution in [0, 0.1) is 0 Å². The van der Waals surface area contributed by atoms with Gasteiger partial charge < -0.3 is 14.6 Å². The average molecular weight is 457 g/mol. The van der Waals surface area contributed by atoms with Crippen LogP contribution in [0.25, 0.3) is 0 Å². The van der Waals surface area contributed by atoms with Crippen LogP contribution < -0.4 is 0 Å². The molecule has 0 aliphatic rings. The Morgan fingerprint density at radius 2 is 1.65 bits per heavy atom. The van der Waals surface area contributed by atoms with E-state index in [0.717, 1.165) is 0 Å². The zero-order valence-electron chi connectivity index (χ0n) is 18.4. The molecule has 1 aromatic carbocycles. The molecule has 0 amide bonds. The van der Waals surface area contributed by atoms with E-state index in [1.807, 2.05) is 0 Å². The van der Waals surface area contributed by atoms with Gasteiger partial charge in [0.15, 0.2) is 9.84 Å². The molecule has 0 aromatic heterocycles. The predicted octanol–water partition coefficient (Wildman–Crippen LogP) is 2.67. The first-order valence-corrected chi connectivity index (χ1v) is 12.2. The minimum Gasteiger partial charge on any atom is -0.481 e. The number of carboxylic acid groups (broad SMARTS) is 1. The quantitative estimate of drug-likeness (QED) is 0.335. The van der Waals surface area contributed by atoms with Gasteiger partial charge in [-0.15, -0.1) is 0 Å². The lowest BCUT2D eigenvalue weighted by molar-refractivity contribution is -0.144. The second-order valence-corrected chi connectivity index (χ2v) is 9.71. The second-order valence-electron chi connectivity index (χ2n) is 7.53. The number of benzene rings is 1. The first kappa shape index (κ1) is 26.6. The normalized spacial score (nSPS) is 13.3. The molecule has 174 valence electrons. The summed E-state index contributed by atoms with van der Waals surface area (Å²) in [6.45, 7) is 5.36. The molecule has 31 heavy (non-hydrogen) atoms. The number of unbranched alkanes of at least 4 members (excludes halogenated alkanes) is 2. The van der Waals surface area contributed by atoms with Crippen LogP contribution in [0.4, 0.5) is 0 Å². The second kappa shape index (κ2) is 12.4. The number of carbonyl (C=O) groups is 3. The van der Waals surface area contributed by atoms with E-state index in [-0.39, 0.29) is 31.4 Å². The van der Waals surface area contributed by atoms with Crippen molar-refractivity contribution in [3.8, 4) is 0 Å². The van der Waals surface area contributed by atoms with E-state index < -0.39 is 32.9 Å². The number of rotatable bonds is 14. The maximum atomic E-state index is 12.0. The van der Waals surface area contributed by atoms with Gasteiger partial charge in [-0.2, -0.15) is 0 Å². The molecule has 1 aromatic rings. The number of esters is 2. The van der Waals surface area contributed by atoms with Crippen molar-refractivity contribution in [1.82, 2.24) is 0 Å². The molecule has 8 nitrogen and oxygen atoms in total. The van der Waals surface area contributed by atoms with E-state index in [1.165, 1.54) is 0 Å². The van der Waals surface area contributed by atoms with Crippen molar-refractivity contribution in [1.29, 1.82) is 0 Å². The molecule has 1 N–H and O–H groups in total. The molecule has 0 heterocycles. The number of hydrogen-bond acceptors (Lipinski definition) is 7. The zero-order valence-corrected chi connectivity index (χ0v) is 19.2. The Balaban J connectivity index is 2.69. The lowest BCUT2D eigenvalue weighted by Crippen LogP contribution is -2.32. The van der Waals surface area contributed by atoms with Crippen LogP contribution >= 0.6 is 0 Å². The maximum absolute atomic E-state index is 12.0. The third-order valence-corrected chi connectivity index (χ3v) is 6.55. The van der Waals surface area contributed by atoms with Gasteiger partial charge in [-0.05, 0) is 44.7 Å². The largest absolute Gasteiger partial charge is 0.481 e. The van der Waals surface area contributed by atoms with Gasteiger partial charge in [-0.3, -0.25) is 14.4 Å². The Bertz CT molecular complexity index is 862. The Morgan fingerprint density at radius 1 is 1.00 bits per heavy atom. The Hall–Kier alpha value is -2.42. The highest BCUT2D eigenvalue weighted by molar-refractivity contribution is 7.92. The SMILES string of the molecule is CCOC(=O)Cc1cccc(C(C)(CCCCCS(=O)(=O)CC(=O)OCC)C(=O)O)c1. The van der Waals surface area contributed by atoms with Gasteiger partial charge in [0.05, 0.1) is 30.8 Å². The van der Waals surface area contributed by atoms with Crippen LogP contribution in [0.2, 0.25) is 0 Å². The molecule has 0 spiro atoms. The lowest BCUT2D eigenvalue weighted by Gasteiger charge is -2.26. The topological polar surface area (TPSA) is 124 Å². The molecule has 0 radical (unpaired) electrons. The van der Waals surface area contributed by atoms with Crippen LogP contribution in [-0.4, -0.2) is 56.2 Å². The van der Waals surface area contributed by atoms with E-state index >= 15 is 0 Å². The van der Waals surface area contributed by atoms with Crippen molar-refractivity contribution in [2.24, 2.45) is 0 Å². The van der Waals surface area contributed by atoms with Crippen LogP contribution in [-0.2, 0) is 45.5 Å². The van der Waals surface area contributed by atoms with Crippen molar-refractivity contribution < 1.29 is 37.4 Å². The van der Waals surface area contributed by atoms with Gasteiger partial charge in [-0.25, -0.2) is 8.42 Å². The standard InChI is InChI=1S/C22H32O8S/c1-4-29-19(23)15-17-10-9-11-18(14-17)22(3,21(25)26)12-7-6-8-13-31(27,28)16-20(24)30-5-2/h9-11,14H,4-8,12-13,15-16H2,1-3H3,(H,25,26). The number of carboxylic acids is 1. The lowest BCUT2D eigenvalue weighted by atomic mass is 9.77. The third-order valence-electron chi connectivity index (χ3n) is 4.97. The molecule has 0 saturated heterocycles. The van der Waals surface area contributed by atoms with E-state index in [1.54, 1.807) is 45.0 Å². The number of sulfone groups is 1. The molecular formula is C22H32O8S. The highest BCUT2D eigenvalue weighted by Crippen LogP contribution is 2.31. The van der Waals surface area contributed by atoms with Crippen LogP contribution in [0.3, 0.4) is 0 Å². The Kier molecular flexibility index (Phi) is 10.7. The van der Waals surface area contributed by atoms with Crippen LogP contribution in [0.1, 0.15) is 57.6 Å². The van der Waals surface area contributed by atoms with E-state index in [2.05, 4.69) is 4.74 Å². The maximum Gasteiger partial charge on any atom is 0.321 e. The van der Waals surface area contributed by atoms with Crippen molar-refractivity contribution in [3.05, 3.63) is 35.4 Å². The fraction of sp³-hybridized carbons (Fsp3) is 0.591. The van der Waals surface area contributed by atoms with Crippen LogP contribution in [0.15, 0.2) is 24.3 Å². The molecule has 0 fully saturated rings. The monoisotopic (exact) mass is 456 g/mol. The highest BCUT2D eigenvalue weighted by Gasteiger charge is 2.34. The van der Waals surface area contributed by atoms with E-state index in [4.69, 9.17) is 4.74 Å². The predicted molar refractivity (Wildman–Crippen MR) is 116 cm³/mol. The molecule has 0 bridgehead atoms. The minimum atomic E-state index is -3.54. The molecular weight excluding hydrogens is 424 g/mol. The molecule has 0 aliphatic carbocycles. The fourth-order valence-corrected chi connectivity index (χ4v) is 4.44. The molecule has 0 aliphatic heterocycles. The summed E-state index contributed by atoms with van der Waals surface area (Å²) in [5, 5.41) is 9.84. The average Bonchev–Trinajstić information content (AvgIpc) is 2.67. The zero-order chi connectivity index (χ0) is 23.5. The smallest absolute Gasteiger partial charge is 0.321 e. The van der Waals surface area contributed by atoms with E-state index in [9.17, 15) is 27.9 Å². The summed E-state index contributed by atoms with van der Waals surface area (Å²) in [7, 11) is -3.54. The van der Waals surface area contributed by atoms with E-state index in [0.29, 0.717) is 36.8 Å². The first-order valence-electron chi connectivity index (χ1n) is 10.4. The molecule has 1 unspecified atom stereocenters. The van der Waals surface area contributed by atoms with Gasteiger partial charge in [0.2, 0.25) is 0 Å². The summed E-state index contributed by atoms with van der Waals surface area (Å²) >= 11 is 0. The van der Waals surface area contributed by atoms with Gasteiger partial charge in [0, 0.05) is 0 Å². The van der Waals surface area contributed by atoms with Crippen molar-refractivity contribution in [3.63, 3.8) is 0 Å². The van der Waals surface area contributed by atoms with Crippen molar-refractivity contribution >= 4 is 27.7 Å². The summed E-state index contributed by atoms with van der Waals surface area (Å²) in [4.78, 5) is 35.1. The number of ether oxygens (including phenoxy) is 2. The fourth-order valence-electron chi connectivity index (χ4n) is 3.21. The molecule has 1 rings (SSSR count). The van der Waals surface area contributed by atoms with Gasteiger partial charge in [-0.1, -0.05) is 37.1 Å². The van der Waals surface area contributed by atoms with Gasteiger partial charge >= 0.3 is 17.9 Å². The summed E-state index contributed by atoms with van der Waals surface area (Å²) < 4.78 is 33.5. The Morgan fingerprint density at radius 3 is 2.26 bits per heavy atom. The molecule has 1 atom stereocenters. The molecule has 0 saturated carbocycles. The van der Waals surface area contributed by atoms with Gasteiger partial charge in [0.1, 0.15) is 5.75 Å². The van der Waals surface area contributed by atoms with Crippen molar-refractivity contribution in [2.75, 3.05) is 24.7 Å². The summed E-state index contributed by atoms with van der Waals surface area (Å²) in [5.74, 6) is -2.91. The number of aliphatic carboxylic acids is 1.